The maximum atomic E-state index is 13.6. The summed E-state index contributed by atoms with van der Waals surface area (Å²) >= 11 is 11.5. The van der Waals surface area contributed by atoms with Crippen molar-refractivity contribution in [1.29, 1.82) is 0 Å². The molecule has 0 fully saturated rings. The molecule has 0 saturated carbocycles. The molecule has 0 spiro atoms. The Morgan fingerprint density at radius 3 is 2.76 bits per heavy atom. The Balaban J connectivity index is 2.38. The van der Waals surface area contributed by atoms with E-state index < -0.39 is 5.82 Å². The highest BCUT2D eigenvalue weighted by molar-refractivity contribution is 6.31. The predicted octanol–water partition coefficient (Wildman–Crippen LogP) is 3.97. The second-order valence-corrected chi connectivity index (χ2v) is 4.13. The lowest BCUT2D eigenvalue weighted by atomic mass is 10.3. The first kappa shape index (κ1) is 12.1. The Hall–Kier alpha value is -1.39. The third kappa shape index (κ3) is 2.48. The molecular weight excluding hydrogens is 264 g/mol. The summed E-state index contributed by atoms with van der Waals surface area (Å²) in [4.78, 5) is 7.80. The number of rotatable bonds is 2. The predicted molar refractivity (Wildman–Crippen MR) is 66.5 cm³/mol. The van der Waals surface area contributed by atoms with E-state index in [1.165, 1.54) is 12.4 Å². The van der Waals surface area contributed by atoms with Crippen LogP contribution in [0.3, 0.4) is 0 Å². The van der Waals surface area contributed by atoms with Crippen LogP contribution in [-0.4, -0.2) is 9.97 Å². The maximum Gasteiger partial charge on any atom is 0.165 e. The number of hydrogen-bond acceptors (Lipinski definition) is 3. The molecule has 6 heteroatoms. The molecule has 3 nitrogen and oxygen atoms in total. The summed E-state index contributed by atoms with van der Waals surface area (Å²) in [5, 5.41) is 3.20. The van der Waals surface area contributed by atoms with Crippen molar-refractivity contribution in [2.45, 2.75) is 6.92 Å². The number of halogens is 3. The fourth-order valence-electron chi connectivity index (χ4n) is 1.28. The molecule has 1 N–H and O–H groups in total. The average molecular weight is 272 g/mol. The molecule has 17 heavy (non-hydrogen) atoms. The van der Waals surface area contributed by atoms with Gasteiger partial charge in [0.1, 0.15) is 17.3 Å². The van der Waals surface area contributed by atoms with Crippen molar-refractivity contribution < 1.29 is 4.39 Å². The van der Waals surface area contributed by atoms with Crippen molar-refractivity contribution >= 4 is 34.7 Å². The number of nitrogens with zero attached hydrogens (tertiary/aromatic N) is 2. The quantitative estimate of drug-likeness (QED) is 0.840. The summed E-state index contributed by atoms with van der Waals surface area (Å²) in [5.74, 6) is -0.0746. The molecule has 1 heterocycles. The van der Waals surface area contributed by atoms with Crippen LogP contribution in [0.25, 0.3) is 0 Å². The summed E-state index contributed by atoms with van der Waals surface area (Å²) in [5.41, 5.74) is 0.893. The fraction of sp³-hybridized carbons (Fsp3) is 0.0909. The molecular formula is C11H8Cl2FN3. The van der Waals surface area contributed by atoms with Gasteiger partial charge < -0.3 is 5.32 Å². The molecule has 0 unspecified atom stereocenters. The molecule has 0 bridgehead atoms. The third-order valence-corrected chi connectivity index (χ3v) is 2.90. The van der Waals surface area contributed by atoms with Gasteiger partial charge in [-0.15, -0.1) is 0 Å². The largest absolute Gasteiger partial charge is 0.337 e. The first-order chi connectivity index (χ1) is 8.09. The van der Waals surface area contributed by atoms with E-state index in [-0.39, 0.29) is 10.7 Å². The summed E-state index contributed by atoms with van der Waals surface area (Å²) in [6.07, 6.45) is 1.31. The maximum absolute atomic E-state index is 13.6. The highest BCUT2D eigenvalue weighted by Gasteiger charge is 2.09. The molecule has 1 aromatic carbocycles. The van der Waals surface area contributed by atoms with Crippen molar-refractivity contribution in [1.82, 2.24) is 9.97 Å². The number of anilines is 2. The molecule has 1 aromatic heterocycles. The lowest BCUT2D eigenvalue weighted by Crippen LogP contribution is -2.00. The molecule has 0 aliphatic carbocycles. The van der Waals surface area contributed by atoms with E-state index in [0.717, 1.165) is 0 Å². The average Bonchev–Trinajstić information content (AvgIpc) is 2.31. The van der Waals surface area contributed by atoms with E-state index in [0.29, 0.717) is 16.5 Å². The van der Waals surface area contributed by atoms with Gasteiger partial charge in [0.15, 0.2) is 5.82 Å². The van der Waals surface area contributed by atoms with Gasteiger partial charge in [0.25, 0.3) is 0 Å². The van der Waals surface area contributed by atoms with Gasteiger partial charge in [-0.1, -0.05) is 29.3 Å². The SMILES string of the molecule is Cc1c(Cl)ncnc1Nc1cccc(Cl)c1F. The molecule has 88 valence electrons. The molecule has 0 aliphatic rings. The molecule has 0 radical (unpaired) electrons. The van der Waals surface area contributed by atoms with Crippen molar-refractivity contribution in [2.75, 3.05) is 5.32 Å². The lowest BCUT2D eigenvalue weighted by Gasteiger charge is -2.10. The summed E-state index contributed by atoms with van der Waals surface area (Å²) in [6, 6.07) is 4.68. The number of nitrogens with one attached hydrogen (secondary N) is 1. The second kappa shape index (κ2) is 4.85. The van der Waals surface area contributed by atoms with E-state index in [2.05, 4.69) is 15.3 Å². The van der Waals surface area contributed by atoms with Crippen LogP contribution in [0.4, 0.5) is 15.9 Å². The molecule has 0 saturated heterocycles. The standard InChI is InChI=1S/C11H8Cl2FN3/c1-6-10(13)15-5-16-11(6)17-8-4-2-3-7(12)9(8)14/h2-5H,1H3,(H,15,16,17). The third-order valence-electron chi connectivity index (χ3n) is 2.23. The summed E-state index contributed by atoms with van der Waals surface area (Å²) < 4.78 is 13.6. The van der Waals surface area contributed by atoms with E-state index in [9.17, 15) is 4.39 Å². The number of hydrogen-bond donors (Lipinski definition) is 1. The zero-order valence-electron chi connectivity index (χ0n) is 8.84. The minimum absolute atomic E-state index is 0.0489. The molecule has 2 rings (SSSR count). The van der Waals surface area contributed by atoms with E-state index in [1.807, 2.05) is 0 Å². The van der Waals surface area contributed by atoms with Crippen molar-refractivity contribution in [3.05, 3.63) is 46.1 Å². The van der Waals surface area contributed by atoms with Crippen LogP contribution in [0.5, 0.6) is 0 Å². The van der Waals surface area contributed by atoms with Crippen LogP contribution >= 0.6 is 23.2 Å². The topological polar surface area (TPSA) is 37.8 Å². The van der Waals surface area contributed by atoms with Gasteiger partial charge in [-0.05, 0) is 19.1 Å². The molecule has 2 aromatic rings. The Bertz CT molecular complexity index is 511. The van der Waals surface area contributed by atoms with Crippen LogP contribution in [-0.2, 0) is 0 Å². The normalized spacial score (nSPS) is 10.4. The van der Waals surface area contributed by atoms with Crippen LogP contribution in [0.15, 0.2) is 24.5 Å². The van der Waals surface area contributed by atoms with Crippen molar-refractivity contribution in [2.24, 2.45) is 0 Å². The second-order valence-electron chi connectivity index (χ2n) is 3.36. The first-order valence-corrected chi connectivity index (χ1v) is 5.53. The summed E-state index contributed by atoms with van der Waals surface area (Å²) in [6.45, 7) is 1.74. The van der Waals surface area contributed by atoms with Gasteiger partial charge in [-0.2, -0.15) is 0 Å². The Labute approximate surface area is 108 Å². The van der Waals surface area contributed by atoms with Crippen LogP contribution in [0.2, 0.25) is 10.2 Å². The lowest BCUT2D eigenvalue weighted by molar-refractivity contribution is 0.632. The van der Waals surface area contributed by atoms with E-state index in [4.69, 9.17) is 23.2 Å². The van der Waals surface area contributed by atoms with Gasteiger partial charge in [-0.3, -0.25) is 0 Å². The minimum atomic E-state index is -0.525. The molecule has 0 amide bonds. The van der Waals surface area contributed by atoms with Crippen molar-refractivity contribution in [3.8, 4) is 0 Å². The minimum Gasteiger partial charge on any atom is -0.337 e. The van der Waals surface area contributed by atoms with Gasteiger partial charge in [-0.25, -0.2) is 14.4 Å². The Morgan fingerprint density at radius 2 is 2.00 bits per heavy atom. The van der Waals surface area contributed by atoms with Crippen molar-refractivity contribution in [3.63, 3.8) is 0 Å². The molecule has 0 atom stereocenters. The highest BCUT2D eigenvalue weighted by atomic mass is 35.5. The smallest absolute Gasteiger partial charge is 0.165 e. The number of aromatic nitrogens is 2. The summed E-state index contributed by atoms with van der Waals surface area (Å²) in [7, 11) is 0. The monoisotopic (exact) mass is 271 g/mol. The van der Waals surface area contributed by atoms with E-state index in [1.54, 1.807) is 19.1 Å². The van der Waals surface area contributed by atoms with Crippen LogP contribution in [0, 0.1) is 12.7 Å². The van der Waals surface area contributed by atoms with Gasteiger partial charge in [0.2, 0.25) is 0 Å². The van der Waals surface area contributed by atoms with Gasteiger partial charge in [0.05, 0.1) is 10.7 Å². The van der Waals surface area contributed by atoms with E-state index >= 15 is 0 Å². The first-order valence-electron chi connectivity index (χ1n) is 4.77. The highest BCUT2D eigenvalue weighted by Crippen LogP contribution is 2.27. The zero-order valence-corrected chi connectivity index (χ0v) is 10.3. The fourth-order valence-corrected chi connectivity index (χ4v) is 1.59. The Morgan fingerprint density at radius 1 is 1.24 bits per heavy atom. The number of benzene rings is 1. The Kier molecular flexibility index (Phi) is 3.45. The van der Waals surface area contributed by atoms with Crippen LogP contribution < -0.4 is 5.32 Å². The van der Waals surface area contributed by atoms with Gasteiger partial charge in [0, 0.05) is 5.56 Å². The molecule has 0 aliphatic heterocycles. The zero-order chi connectivity index (χ0) is 12.4. The van der Waals surface area contributed by atoms with Crippen LogP contribution in [0.1, 0.15) is 5.56 Å². The van der Waals surface area contributed by atoms with Gasteiger partial charge >= 0.3 is 0 Å².